The quantitative estimate of drug-likeness (QED) is 0.662. The summed E-state index contributed by atoms with van der Waals surface area (Å²) in [6.45, 7) is 4.02. The summed E-state index contributed by atoms with van der Waals surface area (Å²) in [5, 5.41) is 9.45. The minimum atomic E-state index is -0.436. The normalized spacial score (nSPS) is 33.8. The zero-order valence-electron chi connectivity index (χ0n) is 8.54. The van der Waals surface area contributed by atoms with Gasteiger partial charge < -0.3 is 9.84 Å². The van der Waals surface area contributed by atoms with Gasteiger partial charge in [0.2, 0.25) is 0 Å². The first kappa shape index (κ1) is 10.5. The number of aliphatic hydroxyl groups excluding tert-OH is 1. The van der Waals surface area contributed by atoms with E-state index in [1.54, 1.807) is 0 Å². The molecule has 0 heterocycles. The van der Waals surface area contributed by atoms with Crippen molar-refractivity contribution >= 4 is 5.97 Å². The van der Waals surface area contributed by atoms with Crippen LogP contribution in [0, 0.1) is 11.3 Å². The van der Waals surface area contributed by atoms with E-state index in [0.717, 1.165) is 6.42 Å². The van der Waals surface area contributed by atoms with Crippen LogP contribution in [0.5, 0.6) is 0 Å². The van der Waals surface area contributed by atoms with E-state index in [0.29, 0.717) is 12.8 Å². The first-order valence-corrected chi connectivity index (χ1v) is 4.79. The molecule has 3 nitrogen and oxygen atoms in total. The molecule has 2 atom stereocenters. The van der Waals surface area contributed by atoms with Gasteiger partial charge in [-0.15, -0.1) is 0 Å². The maximum atomic E-state index is 11.6. The number of hydrogen-bond acceptors (Lipinski definition) is 3. The average molecular weight is 186 g/mol. The minimum absolute atomic E-state index is 0.168. The molecule has 0 aromatic heterocycles. The van der Waals surface area contributed by atoms with Crippen molar-refractivity contribution < 1.29 is 14.6 Å². The number of esters is 1. The van der Waals surface area contributed by atoms with Crippen LogP contribution in [-0.2, 0) is 9.53 Å². The van der Waals surface area contributed by atoms with Crippen LogP contribution in [-0.4, -0.2) is 24.3 Å². The van der Waals surface area contributed by atoms with Crippen molar-refractivity contribution in [1.29, 1.82) is 0 Å². The molecule has 0 spiro atoms. The Bertz CT molecular complexity index is 200. The van der Waals surface area contributed by atoms with Crippen molar-refractivity contribution in [2.45, 2.75) is 39.2 Å². The molecule has 76 valence electrons. The lowest BCUT2D eigenvalue weighted by atomic mass is 9.75. The summed E-state index contributed by atoms with van der Waals surface area (Å²) in [7, 11) is 1.41. The molecule has 0 saturated heterocycles. The molecule has 1 aliphatic rings. The Labute approximate surface area is 79.1 Å². The van der Waals surface area contributed by atoms with Crippen molar-refractivity contribution in [3.8, 4) is 0 Å². The second-order valence-electron chi connectivity index (χ2n) is 4.20. The third kappa shape index (κ3) is 1.70. The van der Waals surface area contributed by atoms with Crippen LogP contribution in [0.2, 0.25) is 0 Å². The highest BCUT2D eigenvalue weighted by atomic mass is 16.5. The second kappa shape index (κ2) is 3.66. The summed E-state index contributed by atoms with van der Waals surface area (Å²) in [5.41, 5.74) is -0.436. The van der Waals surface area contributed by atoms with Gasteiger partial charge in [0.1, 0.15) is 0 Å². The van der Waals surface area contributed by atoms with Gasteiger partial charge >= 0.3 is 5.97 Å². The van der Waals surface area contributed by atoms with Gasteiger partial charge in [0.25, 0.3) is 0 Å². The van der Waals surface area contributed by atoms with Crippen LogP contribution < -0.4 is 0 Å². The SMILES string of the molecule is COC(=O)C1(C(C)C)CCC(O)C1. The highest BCUT2D eigenvalue weighted by Crippen LogP contribution is 2.45. The fourth-order valence-electron chi connectivity index (χ4n) is 2.20. The maximum absolute atomic E-state index is 11.6. The van der Waals surface area contributed by atoms with E-state index in [9.17, 15) is 9.90 Å². The van der Waals surface area contributed by atoms with Gasteiger partial charge in [0.05, 0.1) is 18.6 Å². The van der Waals surface area contributed by atoms with E-state index in [2.05, 4.69) is 0 Å². The van der Waals surface area contributed by atoms with Crippen LogP contribution in [0.1, 0.15) is 33.1 Å². The average Bonchev–Trinajstić information content (AvgIpc) is 2.47. The zero-order valence-corrected chi connectivity index (χ0v) is 8.54. The van der Waals surface area contributed by atoms with Crippen LogP contribution in [0.15, 0.2) is 0 Å². The molecular weight excluding hydrogens is 168 g/mol. The Hall–Kier alpha value is -0.570. The molecule has 1 aliphatic carbocycles. The molecule has 1 rings (SSSR count). The smallest absolute Gasteiger partial charge is 0.312 e. The monoisotopic (exact) mass is 186 g/mol. The first-order valence-electron chi connectivity index (χ1n) is 4.79. The van der Waals surface area contributed by atoms with E-state index >= 15 is 0 Å². The van der Waals surface area contributed by atoms with E-state index in [4.69, 9.17) is 4.74 Å². The minimum Gasteiger partial charge on any atom is -0.469 e. The Kier molecular flexibility index (Phi) is 2.96. The highest BCUT2D eigenvalue weighted by molar-refractivity contribution is 5.77. The molecule has 0 radical (unpaired) electrons. The van der Waals surface area contributed by atoms with Gasteiger partial charge in [0, 0.05) is 0 Å². The van der Waals surface area contributed by atoms with Crippen LogP contribution in [0.4, 0.5) is 0 Å². The van der Waals surface area contributed by atoms with Crippen molar-refractivity contribution in [2.75, 3.05) is 7.11 Å². The molecule has 1 saturated carbocycles. The number of rotatable bonds is 2. The fraction of sp³-hybridized carbons (Fsp3) is 0.900. The van der Waals surface area contributed by atoms with E-state index in [1.807, 2.05) is 13.8 Å². The summed E-state index contributed by atoms with van der Waals surface area (Å²) >= 11 is 0. The van der Waals surface area contributed by atoms with Crippen LogP contribution >= 0.6 is 0 Å². The molecule has 2 unspecified atom stereocenters. The molecule has 1 N–H and O–H groups in total. The van der Waals surface area contributed by atoms with Gasteiger partial charge in [-0.1, -0.05) is 13.8 Å². The Balaban J connectivity index is 2.83. The van der Waals surface area contributed by atoms with Crippen LogP contribution in [0.25, 0.3) is 0 Å². The van der Waals surface area contributed by atoms with E-state index < -0.39 is 5.41 Å². The molecular formula is C10H18O3. The van der Waals surface area contributed by atoms with Gasteiger partial charge in [-0.3, -0.25) is 4.79 Å². The summed E-state index contributed by atoms with van der Waals surface area (Å²) in [4.78, 5) is 11.6. The highest BCUT2D eigenvalue weighted by Gasteiger charge is 2.48. The predicted octanol–water partition coefficient (Wildman–Crippen LogP) is 1.35. The van der Waals surface area contributed by atoms with E-state index in [1.165, 1.54) is 7.11 Å². The molecule has 3 heteroatoms. The lowest BCUT2D eigenvalue weighted by Gasteiger charge is -2.29. The Morgan fingerprint density at radius 1 is 1.62 bits per heavy atom. The number of methoxy groups -OCH3 is 1. The number of carbonyl (C=O) groups is 1. The maximum Gasteiger partial charge on any atom is 0.312 e. The molecule has 0 aromatic carbocycles. The van der Waals surface area contributed by atoms with Crippen LogP contribution in [0.3, 0.4) is 0 Å². The Morgan fingerprint density at radius 2 is 2.23 bits per heavy atom. The van der Waals surface area contributed by atoms with Crippen molar-refractivity contribution in [3.05, 3.63) is 0 Å². The fourth-order valence-corrected chi connectivity index (χ4v) is 2.20. The first-order chi connectivity index (χ1) is 6.03. The zero-order chi connectivity index (χ0) is 10.1. The summed E-state index contributed by atoms with van der Waals surface area (Å²) in [6.07, 6.45) is 1.69. The van der Waals surface area contributed by atoms with Gasteiger partial charge in [0.15, 0.2) is 0 Å². The summed E-state index contributed by atoms with van der Waals surface area (Å²) in [5.74, 6) is 0.0659. The molecule has 0 aromatic rings. The largest absolute Gasteiger partial charge is 0.469 e. The number of aliphatic hydroxyl groups is 1. The third-order valence-corrected chi connectivity index (χ3v) is 3.22. The second-order valence-corrected chi connectivity index (χ2v) is 4.20. The van der Waals surface area contributed by atoms with Gasteiger partial charge in [-0.2, -0.15) is 0 Å². The van der Waals surface area contributed by atoms with Gasteiger partial charge in [-0.25, -0.2) is 0 Å². The number of hydrogen-bond donors (Lipinski definition) is 1. The van der Waals surface area contributed by atoms with E-state index in [-0.39, 0.29) is 18.0 Å². The molecule has 13 heavy (non-hydrogen) atoms. The Morgan fingerprint density at radius 3 is 2.54 bits per heavy atom. The topological polar surface area (TPSA) is 46.5 Å². The van der Waals surface area contributed by atoms with Crippen molar-refractivity contribution in [1.82, 2.24) is 0 Å². The van der Waals surface area contributed by atoms with Crippen molar-refractivity contribution in [2.24, 2.45) is 11.3 Å². The molecule has 0 bridgehead atoms. The summed E-state index contributed by atoms with van der Waals surface area (Å²) in [6, 6.07) is 0. The number of ether oxygens (including phenoxy) is 1. The lowest BCUT2D eigenvalue weighted by Crippen LogP contribution is -2.35. The van der Waals surface area contributed by atoms with Gasteiger partial charge in [-0.05, 0) is 25.2 Å². The van der Waals surface area contributed by atoms with Crippen molar-refractivity contribution in [3.63, 3.8) is 0 Å². The molecule has 0 amide bonds. The molecule has 0 aliphatic heterocycles. The third-order valence-electron chi connectivity index (χ3n) is 3.22. The number of carbonyl (C=O) groups excluding carboxylic acids is 1. The summed E-state index contributed by atoms with van der Waals surface area (Å²) < 4.78 is 4.80. The lowest BCUT2D eigenvalue weighted by molar-refractivity contribution is -0.155. The molecule has 1 fully saturated rings. The standard InChI is InChI=1S/C10H18O3/c1-7(2)10(9(12)13-3)5-4-8(11)6-10/h7-8,11H,4-6H2,1-3H3. The predicted molar refractivity (Wildman–Crippen MR) is 49.1 cm³/mol.